The maximum atomic E-state index is 12.6. The number of amides is 1. The van der Waals surface area contributed by atoms with Crippen molar-refractivity contribution in [1.29, 1.82) is 0 Å². The van der Waals surface area contributed by atoms with E-state index in [0.717, 1.165) is 36.3 Å². The van der Waals surface area contributed by atoms with Gasteiger partial charge in [0.15, 0.2) is 11.5 Å². The van der Waals surface area contributed by atoms with Crippen molar-refractivity contribution >= 4 is 22.6 Å². The molecule has 27 heavy (non-hydrogen) atoms. The molecular formula is C20H21N3O4. The molecule has 0 bridgehead atoms. The average Bonchev–Trinajstić information content (AvgIpc) is 3.36. The lowest BCUT2D eigenvalue weighted by atomic mass is 10.1. The number of anilines is 1. The number of imidazole rings is 1. The number of carbonyl (C=O) groups excluding carboxylic acids is 1. The highest BCUT2D eigenvalue weighted by Gasteiger charge is 2.21. The van der Waals surface area contributed by atoms with E-state index in [2.05, 4.69) is 15.3 Å². The van der Waals surface area contributed by atoms with Gasteiger partial charge < -0.3 is 24.5 Å². The van der Waals surface area contributed by atoms with Gasteiger partial charge in [0, 0.05) is 17.9 Å². The number of benzene rings is 2. The minimum Gasteiger partial charge on any atom is -0.493 e. The zero-order valence-electron chi connectivity index (χ0n) is 15.2. The molecule has 0 radical (unpaired) electrons. The van der Waals surface area contributed by atoms with E-state index < -0.39 is 0 Å². The molecule has 1 unspecified atom stereocenters. The fourth-order valence-electron chi connectivity index (χ4n) is 3.23. The highest BCUT2D eigenvalue weighted by Crippen LogP contribution is 2.30. The number of hydrogen-bond donors (Lipinski definition) is 2. The van der Waals surface area contributed by atoms with Crippen LogP contribution in [-0.2, 0) is 4.74 Å². The van der Waals surface area contributed by atoms with Crippen LogP contribution < -0.4 is 14.8 Å². The molecule has 4 rings (SSSR count). The van der Waals surface area contributed by atoms with Crippen LogP contribution in [0.15, 0.2) is 36.4 Å². The second kappa shape index (κ2) is 7.28. The lowest BCUT2D eigenvalue weighted by Crippen LogP contribution is -2.12. The number of fused-ring (bicyclic) bond motifs is 1. The number of nitrogens with one attached hydrogen (secondary N) is 2. The van der Waals surface area contributed by atoms with E-state index in [0.29, 0.717) is 22.7 Å². The topological polar surface area (TPSA) is 85.5 Å². The molecule has 1 saturated heterocycles. The van der Waals surface area contributed by atoms with Crippen LogP contribution in [0.1, 0.15) is 35.1 Å². The van der Waals surface area contributed by atoms with Crippen LogP contribution in [0.4, 0.5) is 5.69 Å². The number of H-pyrrole nitrogens is 1. The third kappa shape index (κ3) is 3.46. The zero-order valence-corrected chi connectivity index (χ0v) is 15.2. The zero-order chi connectivity index (χ0) is 18.8. The van der Waals surface area contributed by atoms with E-state index in [-0.39, 0.29) is 12.0 Å². The van der Waals surface area contributed by atoms with Crippen LogP contribution in [0.5, 0.6) is 11.5 Å². The SMILES string of the molecule is COc1ccc(C(=O)Nc2ccc3nc(C4CCCO4)[nH]c3c2)cc1OC. The summed E-state index contributed by atoms with van der Waals surface area (Å²) in [6.07, 6.45) is 2.05. The quantitative estimate of drug-likeness (QED) is 0.718. The Bertz CT molecular complexity index is 977. The van der Waals surface area contributed by atoms with Gasteiger partial charge in [-0.2, -0.15) is 0 Å². The molecule has 1 aromatic heterocycles. The summed E-state index contributed by atoms with van der Waals surface area (Å²) in [5, 5.41) is 2.90. The van der Waals surface area contributed by atoms with Crippen LogP contribution in [0.2, 0.25) is 0 Å². The van der Waals surface area contributed by atoms with Crippen molar-refractivity contribution in [2.45, 2.75) is 18.9 Å². The van der Waals surface area contributed by atoms with E-state index >= 15 is 0 Å². The Morgan fingerprint density at radius 2 is 2.04 bits per heavy atom. The number of aromatic nitrogens is 2. The molecule has 2 N–H and O–H groups in total. The summed E-state index contributed by atoms with van der Waals surface area (Å²) < 4.78 is 16.1. The molecule has 7 nitrogen and oxygen atoms in total. The first-order valence-electron chi connectivity index (χ1n) is 8.82. The van der Waals surface area contributed by atoms with E-state index in [1.807, 2.05) is 18.2 Å². The van der Waals surface area contributed by atoms with Crippen molar-refractivity contribution in [3.8, 4) is 11.5 Å². The third-order valence-corrected chi connectivity index (χ3v) is 4.64. The molecule has 7 heteroatoms. The Kier molecular flexibility index (Phi) is 4.68. The van der Waals surface area contributed by atoms with Crippen molar-refractivity contribution in [2.24, 2.45) is 0 Å². The molecule has 0 saturated carbocycles. The molecule has 2 heterocycles. The van der Waals surface area contributed by atoms with Crippen molar-refractivity contribution < 1.29 is 19.0 Å². The normalized spacial score (nSPS) is 16.4. The predicted octanol–water partition coefficient (Wildman–Crippen LogP) is 3.68. The van der Waals surface area contributed by atoms with Crippen molar-refractivity contribution in [3.63, 3.8) is 0 Å². The predicted molar refractivity (Wildman–Crippen MR) is 102 cm³/mol. The molecular weight excluding hydrogens is 346 g/mol. The van der Waals surface area contributed by atoms with Crippen LogP contribution in [0.3, 0.4) is 0 Å². The summed E-state index contributed by atoms with van der Waals surface area (Å²) in [5.41, 5.74) is 2.89. The number of hydrogen-bond acceptors (Lipinski definition) is 5. The van der Waals surface area contributed by atoms with Gasteiger partial charge >= 0.3 is 0 Å². The second-order valence-corrected chi connectivity index (χ2v) is 6.38. The van der Waals surface area contributed by atoms with E-state index in [1.54, 1.807) is 25.3 Å². The molecule has 3 aromatic rings. The number of aromatic amines is 1. The summed E-state index contributed by atoms with van der Waals surface area (Å²) in [6.45, 7) is 0.772. The molecule has 1 amide bonds. The molecule has 2 aromatic carbocycles. The van der Waals surface area contributed by atoms with Gasteiger partial charge in [0.25, 0.3) is 5.91 Å². The number of methoxy groups -OCH3 is 2. The summed E-state index contributed by atoms with van der Waals surface area (Å²) in [5.74, 6) is 1.70. The fraction of sp³-hybridized carbons (Fsp3) is 0.300. The maximum Gasteiger partial charge on any atom is 0.255 e. The van der Waals surface area contributed by atoms with Crippen molar-refractivity contribution in [2.75, 3.05) is 26.1 Å². The minimum atomic E-state index is -0.228. The van der Waals surface area contributed by atoms with Crippen molar-refractivity contribution in [3.05, 3.63) is 47.8 Å². The largest absolute Gasteiger partial charge is 0.493 e. The number of ether oxygens (including phenoxy) is 3. The van der Waals surface area contributed by atoms with Gasteiger partial charge in [-0.05, 0) is 49.2 Å². The van der Waals surface area contributed by atoms with E-state index in [9.17, 15) is 4.79 Å². The van der Waals surface area contributed by atoms with Crippen LogP contribution in [0, 0.1) is 0 Å². The Balaban J connectivity index is 1.54. The van der Waals surface area contributed by atoms with E-state index in [1.165, 1.54) is 7.11 Å². The van der Waals surface area contributed by atoms with Crippen LogP contribution >= 0.6 is 0 Å². The highest BCUT2D eigenvalue weighted by molar-refractivity contribution is 6.05. The van der Waals surface area contributed by atoms with Crippen LogP contribution in [0.25, 0.3) is 11.0 Å². The van der Waals surface area contributed by atoms with Gasteiger partial charge in [-0.3, -0.25) is 4.79 Å². The van der Waals surface area contributed by atoms with Gasteiger partial charge in [0.1, 0.15) is 11.9 Å². The molecule has 1 atom stereocenters. The van der Waals surface area contributed by atoms with Crippen molar-refractivity contribution in [1.82, 2.24) is 9.97 Å². The third-order valence-electron chi connectivity index (χ3n) is 4.64. The van der Waals surface area contributed by atoms with Gasteiger partial charge in [-0.15, -0.1) is 0 Å². The van der Waals surface area contributed by atoms with Crippen LogP contribution in [-0.4, -0.2) is 36.7 Å². The minimum absolute atomic E-state index is 0.0298. The van der Waals surface area contributed by atoms with Gasteiger partial charge in [-0.1, -0.05) is 0 Å². The highest BCUT2D eigenvalue weighted by atomic mass is 16.5. The average molecular weight is 367 g/mol. The van der Waals surface area contributed by atoms with Gasteiger partial charge in [0.2, 0.25) is 0 Å². The fourth-order valence-corrected chi connectivity index (χ4v) is 3.23. The second-order valence-electron chi connectivity index (χ2n) is 6.38. The Morgan fingerprint density at radius 1 is 1.19 bits per heavy atom. The molecule has 0 aliphatic carbocycles. The monoisotopic (exact) mass is 367 g/mol. The Morgan fingerprint density at radius 3 is 2.78 bits per heavy atom. The van der Waals surface area contributed by atoms with Gasteiger partial charge in [-0.25, -0.2) is 4.98 Å². The van der Waals surface area contributed by atoms with Gasteiger partial charge in [0.05, 0.1) is 25.3 Å². The first-order chi connectivity index (χ1) is 13.2. The Labute approximate surface area is 156 Å². The first kappa shape index (κ1) is 17.4. The number of rotatable bonds is 5. The molecule has 1 fully saturated rings. The lowest BCUT2D eigenvalue weighted by molar-refractivity contribution is 0.102. The standard InChI is InChI=1S/C20H21N3O4/c1-25-16-8-5-12(10-18(16)26-2)20(24)21-13-6-7-14-15(11-13)23-19(22-14)17-4-3-9-27-17/h5-8,10-11,17H,3-4,9H2,1-2H3,(H,21,24)(H,22,23). The Hall–Kier alpha value is -3.06. The van der Waals surface area contributed by atoms with E-state index in [4.69, 9.17) is 14.2 Å². The number of carbonyl (C=O) groups is 1. The maximum absolute atomic E-state index is 12.6. The smallest absolute Gasteiger partial charge is 0.255 e. The lowest BCUT2D eigenvalue weighted by Gasteiger charge is -2.10. The molecule has 1 aliphatic rings. The summed E-state index contributed by atoms with van der Waals surface area (Å²) in [4.78, 5) is 20.5. The molecule has 0 spiro atoms. The summed E-state index contributed by atoms with van der Waals surface area (Å²) in [7, 11) is 3.10. The first-order valence-corrected chi connectivity index (χ1v) is 8.82. The molecule has 1 aliphatic heterocycles. The number of nitrogens with zero attached hydrogens (tertiary/aromatic N) is 1. The summed E-state index contributed by atoms with van der Waals surface area (Å²) >= 11 is 0. The summed E-state index contributed by atoms with van der Waals surface area (Å²) in [6, 6.07) is 10.6. The molecule has 140 valence electrons.